The number of hydrogen-bond acceptors (Lipinski definition) is 6. The van der Waals surface area contributed by atoms with Crippen LogP contribution in [0.25, 0.3) is 11.1 Å². The SMILES string of the molecule is N[C@H](C(=O)N1C[C@@H](NC(=O)OCC2c3ccccc3-c3ccccc32)CC1C(=O)OCc1ccccc1)C1CCCCC1. The van der Waals surface area contributed by atoms with E-state index >= 15 is 0 Å². The quantitative estimate of drug-likeness (QED) is 0.356. The molecule has 3 aromatic carbocycles. The smallest absolute Gasteiger partial charge is 0.407 e. The van der Waals surface area contributed by atoms with Crippen LogP contribution in [0, 0.1) is 5.92 Å². The number of fused-ring (bicyclic) bond motifs is 3. The molecular formula is C35H39N3O5. The zero-order valence-corrected chi connectivity index (χ0v) is 24.3. The zero-order chi connectivity index (χ0) is 29.8. The summed E-state index contributed by atoms with van der Waals surface area (Å²) in [4.78, 5) is 41.5. The van der Waals surface area contributed by atoms with Gasteiger partial charge in [0.2, 0.25) is 5.91 Å². The van der Waals surface area contributed by atoms with Crippen molar-refractivity contribution >= 4 is 18.0 Å². The molecule has 2 amide bonds. The van der Waals surface area contributed by atoms with Crippen LogP contribution in [-0.4, -0.2) is 54.1 Å². The normalized spacial score (nSPS) is 20.6. The van der Waals surface area contributed by atoms with Gasteiger partial charge in [-0.15, -0.1) is 0 Å². The van der Waals surface area contributed by atoms with E-state index in [0.717, 1.165) is 59.9 Å². The molecule has 1 saturated heterocycles. The number of ether oxygens (including phenoxy) is 2. The molecule has 3 aliphatic rings. The van der Waals surface area contributed by atoms with E-state index < -0.39 is 30.2 Å². The van der Waals surface area contributed by atoms with Gasteiger partial charge in [0.1, 0.15) is 19.3 Å². The van der Waals surface area contributed by atoms with Crippen molar-refractivity contribution in [3.05, 3.63) is 95.6 Å². The summed E-state index contributed by atoms with van der Waals surface area (Å²) in [6, 6.07) is 23.8. The number of likely N-dealkylation sites (tertiary alicyclic amines) is 1. The van der Waals surface area contributed by atoms with Gasteiger partial charge in [-0.3, -0.25) is 4.79 Å². The number of alkyl carbamates (subject to hydrolysis) is 1. The van der Waals surface area contributed by atoms with E-state index in [2.05, 4.69) is 29.6 Å². The molecule has 8 heteroatoms. The van der Waals surface area contributed by atoms with Gasteiger partial charge >= 0.3 is 12.1 Å². The lowest BCUT2D eigenvalue weighted by molar-refractivity contribution is -0.155. The Labute approximate surface area is 252 Å². The summed E-state index contributed by atoms with van der Waals surface area (Å²) in [5, 5.41) is 2.91. The van der Waals surface area contributed by atoms with Crippen LogP contribution in [-0.2, 0) is 25.7 Å². The lowest BCUT2D eigenvalue weighted by Crippen LogP contribution is -2.52. The largest absolute Gasteiger partial charge is 0.459 e. The number of esters is 1. The molecule has 0 radical (unpaired) electrons. The van der Waals surface area contributed by atoms with Gasteiger partial charge in [-0.1, -0.05) is 98.1 Å². The number of nitrogens with one attached hydrogen (secondary N) is 1. The molecule has 2 aliphatic carbocycles. The fourth-order valence-electron chi connectivity index (χ4n) is 6.93. The Morgan fingerprint density at radius 2 is 1.47 bits per heavy atom. The number of benzene rings is 3. The van der Waals surface area contributed by atoms with Gasteiger partial charge in [-0.25, -0.2) is 9.59 Å². The minimum atomic E-state index is -0.829. The molecular weight excluding hydrogens is 542 g/mol. The van der Waals surface area contributed by atoms with Crippen LogP contribution in [0.4, 0.5) is 4.79 Å². The third-order valence-electron chi connectivity index (χ3n) is 9.19. The van der Waals surface area contributed by atoms with Crippen molar-refractivity contribution in [1.82, 2.24) is 10.2 Å². The van der Waals surface area contributed by atoms with Crippen molar-refractivity contribution in [1.29, 1.82) is 0 Å². The van der Waals surface area contributed by atoms with Gasteiger partial charge in [0, 0.05) is 18.9 Å². The third kappa shape index (κ3) is 6.30. The molecule has 1 unspecified atom stereocenters. The van der Waals surface area contributed by atoms with E-state index in [0.29, 0.717) is 0 Å². The summed E-state index contributed by atoms with van der Waals surface area (Å²) in [6.07, 6.45) is 4.74. The molecule has 224 valence electrons. The molecule has 0 bridgehead atoms. The molecule has 2 fully saturated rings. The van der Waals surface area contributed by atoms with Crippen LogP contribution < -0.4 is 11.1 Å². The predicted molar refractivity (Wildman–Crippen MR) is 163 cm³/mol. The van der Waals surface area contributed by atoms with Crippen molar-refractivity contribution in [3.63, 3.8) is 0 Å². The Bertz CT molecular complexity index is 1410. The van der Waals surface area contributed by atoms with E-state index in [1.807, 2.05) is 54.6 Å². The molecule has 3 atom stereocenters. The Hall–Kier alpha value is -4.17. The van der Waals surface area contributed by atoms with E-state index in [1.54, 1.807) is 0 Å². The van der Waals surface area contributed by atoms with E-state index in [-0.39, 0.29) is 43.9 Å². The molecule has 43 heavy (non-hydrogen) atoms. The topological polar surface area (TPSA) is 111 Å². The summed E-state index contributed by atoms with van der Waals surface area (Å²) >= 11 is 0. The van der Waals surface area contributed by atoms with Gasteiger partial charge in [-0.2, -0.15) is 0 Å². The highest BCUT2D eigenvalue weighted by Crippen LogP contribution is 2.44. The summed E-state index contributed by atoms with van der Waals surface area (Å²) in [5.41, 5.74) is 11.9. The van der Waals surface area contributed by atoms with Gasteiger partial charge in [0.25, 0.3) is 0 Å². The maximum absolute atomic E-state index is 13.6. The highest BCUT2D eigenvalue weighted by molar-refractivity contribution is 5.88. The number of amides is 2. The molecule has 1 saturated carbocycles. The molecule has 3 N–H and O–H groups in total. The Morgan fingerprint density at radius 1 is 0.837 bits per heavy atom. The first-order valence-corrected chi connectivity index (χ1v) is 15.4. The van der Waals surface area contributed by atoms with Gasteiger partial charge in [0.05, 0.1) is 12.1 Å². The second-order valence-electron chi connectivity index (χ2n) is 11.9. The maximum atomic E-state index is 13.6. The second-order valence-corrected chi connectivity index (χ2v) is 11.9. The first-order chi connectivity index (χ1) is 21.0. The Morgan fingerprint density at radius 3 is 2.14 bits per heavy atom. The Kier molecular flexibility index (Phi) is 8.74. The minimum Gasteiger partial charge on any atom is -0.459 e. The molecule has 1 heterocycles. The van der Waals surface area contributed by atoms with Crippen LogP contribution >= 0.6 is 0 Å². The van der Waals surface area contributed by atoms with Crippen LogP contribution in [0.3, 0.4) is 0 Å². The lowest BCUT2D eigenvalue weighted by Gasteiger charge is -2.31. The third-order valence-corrected chi connectivity index (χ3v) is 9.19. The van der Waals surface area contributed by atoms with E-state index in [1.165, 1.54) is 4.90 Å². The summed E-state index contributed by atoms with van der Waals surface area (Å²) in [6.45, 7) is 0.468. The lowest BCUT2D eigenvalue weighted by atomic mass is 9.83. The van der Waals surface area contributed by atoms with Crippen LogP contribution in [0.5, 0.6) is 0 Å². The average Bonchev–Trinajstić information content (AvgIpc) is 3.62. The van der Waals surface area contributed by atoms with Gasteiger partial charge in [-0.05, 0) is 46.6 Å². The van der Waals surface area contributed by atoms with Gasteiger partial charge in [0.15, 0.2) is 0 Å². The first kappa shape index (κ1) is 28.9. The van der Waals surface area contributed by atoms with Gasteiger partial charge < -0.3 is 25.4 Å². The second kappa shape index (κ2) is 13.0. The van der Waals surface area contributed by atoms with Crippen molar-refractivity contribution in [2.24, 2.45) is 11.7 Å². The number of nitrogens with two attached hydrogens (primary N) is 1. The molecule has 6 rings (SSSR count). The summed E-state index contributed by atoms with van der Waals surface area (Å²) < 4.78 is 11.4. The van der Waals surface area contributed by atoms with Crippen LogP contribution in [0.1, 0.15) is 61.1 Å². The van der Waals surface area contributed by atoms with Crippen LogP contribution in [0.15, 0.2) is 78.9 Å². The van der Waals surface area contributed by atoms with E-state index in [9.17, 15) is 14.4 Å². The number of hydrogen-bond donors (Lipinski definition) is 2. The molecule has 1 aliphatic heterocycles. The monoisotopic (exact) mass is 581 g/mol. The average molecular weight is 582 g/mol. The fraction of sp³-hybridized carbons (Fsp3) is 0.400. The maximum Gasteiger partial charge on any atom is 0.407 e. The van der Waals surface area contributed by atoms with Crippen molar-refractivity contribution in [2.75, 3.05) is 13.2 Å². The number of carbonyl (C=O) groups excluding carboxylic acids is 3. The number of carbonyl (C=O) groups is 3. The number of rotatable bonds is 8. The summed E-state index contributed by atoms with van der Waals surface area (Å²) in [7, 11) is 0. The van der Waals surface area contributed by atoms with Crippen molar-refractivity contribution < 1.29 is 23.9 Å². The highest BCUT2D eigenvalue weighted by Gasteiger charge is 2.44. The van der Waals surface area contributed by atoms with E-state index in [4.69, 9.17) is 15.2 Å². The molecule has 3 aromatic rings. The molecule has 8 nitrogen and oxygen atoms in total. The predicted octanol–water partition coefficient (Wildman–Crippen LogP) is 5.15. The van der Waals surface area contributed by atoms with Crippen molar-refractivity contribution in [3.8, 4) is 11.1 Å². The molecule has 0 aromatic heterocycles. The first-order valence-electron chi connectivity index (χ1n) is 15.4. The fourth-order valence-corrected chi connectivity index (χ4v) is 6.93. The zero-order valence-electron chi connectivity index (χ0n) is 24.3. The highest BCUT2D eigenvalue weighted by atomic mass is 16.5. The molecule has 0 spiro atoms. The Balaban J connectivity index is 1.11. The summed E-state index contributed by atoms with van der Waals surface area (Å²) in [5.74, 6) is -0.722. The minimum absolute atomic E-state index is 0.0611. The van der Waals surface area contributed by atoms with Crippen molar-refractivity contribution in [2.45, 2.75) is 69.2 Å². The van der Waals surface area contributed by atoms with Crippen LogP contribution in [0.2, 0.25) is 0 Å². The number of nitrogens with zero attached hydrogens (tertiary/aromatic N) is 1. The standard InChI is InChI=1S/C35H39N3O5/c36-32(24-13-5-2-6-14-24)33(39)38-20-25(19-31(38)34(40)42-21-23-11-3-1-4-12-23)37-35(41)43-22-30-28-17-9-7-15-26(28)27-16-8-10-18-29(27)30/h1,3-4,7-12,15-18,24-25,30-32H,2,5-6,13-14,19-22,36H2,(H,37,41)/t25-,31?,32-/m0/s1.